The highest BCUT2D eigenvalue weighted by atomic mass is 79.9. The second kappa shape index (κ2) is 5.98. The van der Waals surface area contributed by atoms with E-state index in [9.17, 15) is 4.79 Å². The van der Waals surface area contributed by atoms with E-state index in [2.05, 4.69) is 37.2 Å². The SMILES string of the molecule is COCC(C)(C)NC(=O)c1cc(Br)cc(Br)c1. The van der Waals surface area contributed by atoms with Gasteiger partial charge in [-0.1, -0.05) is 31.9 Å². The number of carbonyl (C=O) groups excluding carboxylic acids is 1. The Labute approximate surface area is 118 Å². The highest BCUT2D eigenvalue weighted by Crippen LogP contribution is 2.20. The largest absolute Gasteiger partial charge is 0.382 e. The number of ether oxygens (including phenoxy) is 1. The summed E-state index contributed by atoms with van der Waals surface area (Å²) >= 11 is 6.71. The molecule has 1 N–H and O–H groups in total. The molecule has 1 amide bonds. The summed E-state index contributed by atoms with van der Waals surface area (Å²) in [5, 5.41) is 2.92. The molecular weight excluding hydrogens is 350 g/mol. The molecule has 0 aromatic heterocycles. The first-order valence-electron chi connectivity index (χ1n) is 5.11. The van der Waals surface area contributed by atoms with Crippen LogP contribution in [0.15, 0.2) is 27.1 Å². The molecular formula is C12H15Br2NO2. The molecule has 0 aliphatic rings. The molecule has 0 fully saturated rings. The van der Waals surface area contributed by atoms with E-state index in [1.807, 2.05) is 19.9 Å². The second-order valence-corrected chi connectivity index (χ2v) is 6.26. The standard InChI is InChI=1S/C12H15Br2NO2/c1-12(2,7-17-3)15-11(16)8-4-9(13)6-10(14)5-8/h4-6H,7H2,1-3H3,(H,15,16). The number of carbonyl (C=O) groups is 1. The first kappa shape index (κ1) is 14.7. The number of methoxy groups -OCH3 is 1. The van der Waals surface area contributed by atoms with E-state index in [0.717, 1.165) is 8.95 Å². The Morgan fingerprint density at radius 1 is 1.29 bits per heavy atom. The zero-order valence-electron chi connectivity index (χ0n) is 10.0. The van der Waals surface area contributed by atoms with Gasteiger partial charge >= 0.3 is 0 Å². The van der Waals surface area contributed by atoms with Crippen molar-refractivity contribution < 1.29 is 9.53 Å². The lowest BCUT2D eigenvalue weighted by atomic mass is 10.1. The zero-order valence-corrected chi connectivity index (χ0v) is 13.2. The molecule has 0 radical (unpaired) electrons. The molecule has 0 saturated heterocycles. The average Bonchev–Trinajstić information content (AvgIpc) is 2.14. The molecule has 1 aromatic rings. The molecule has 0 bridgehead atoms. The molecule has 1 rings (SSSR count). The molecule has 0 aliphatic carbocycles. The van der Waals surface area contributed by atoms with E-state index < -0.39 is 0 Å². The fourth-order valence-electron chi connectivity index (χ4n) is 1.46. The van der Waals surface area contributed by atoms with Crippen molar-refractivity contribution in [3.8, 4) is 0 Å². The fraction of sp³-hybridized carbons (Fsp3) is 0.417. The first-order valence-corrected chi connectivity index (χ1v) is 6.70. The maximum absolute atomic E-state index is 12.0. The summed E-state index contributed by atoms with van der Waals surface area (Å²) in [7, 11) is 1.61. The number of amides is 1. The highest BCUT2D eigenvalue weighted by molar-refractivity contribution is 9.11. The molecule has 0 spiro atoms. The molecule has 0 atom stereocenters. The third kappa shape index (κ3) is 4.77. The van der Waals surface area contributed by atoms with Crippen molar-refractivity contribution in [2.24, 2.45) is 0 Å². The van der Waals surface area contributed by atoms with Gasteiger partial charge in [0.15, 0.2) is 0 Å². The van der Waals surface area contributed by atoms with Gasteiger partial charge in [0, 0.05) is 21.6 Å². The van der Waals surface area contributed by atoms with Gasteiger partial charge in [0.1, 0.15) is 0 Å². The predicted molar refractivity (Wildman–Crippen MR) is 75.3 cm³/mol. The lowest BCUT2D eigenvalue weighted by Gasteiger charge is -2.25. The molecule has 0 saturated carbocycles. The normalized spacial score (nSPS) is 11.4. The van der Waals surface area contributed by atoms with Gasteiger partial charge < -0.3 is 10.1 Å². The average molecular weight is 365 g/mol. The molecule has 0 heterocycles. The van der Waals surface area contributed by atoms with Crippen LogP contribution in [0.4, 0.5) is 0 Å². The molecule has 17 heavy (non-hydrogen) atoms. The Balaban J connectivity index is 2.83. The van der Waals surface area contributed by atoms with E-state index in [0.29, 0.717) is 12.2 Å². The lowest BCUT2D eigenvalue weighted by Crippen LogP contribution is -2.46. The number of halogens is 2. The molecule has 94 valence electrons. The summed E-state index contributed by atoms with van der Waals surface area (Å²) in [5.41, 5.74) is 0.219. The summed E-state index contributed by atoms with van der Waals surface area (Å²) in [6.07, 6.45) is 0. The topological polar surface area (TPSA) is 38.3 Å². The van der Waals surface area contributed by atoms with Gasteiger partial charge in [-0.25, -0.2) is 0 Å². The van der Waals surface area contributed by atoms with Crippen LogP contribution >= 0.6 is 31.9 Å². The van der Waals surface area contributed by atoms with Crippen molar-refractivity contribution in [1.29, 1.82) is 0 Å². The van der Waals surface area contributed by atoms with Crippen LogP contribution in [0.3, 0.4) is 0 Å². The highest BCUT2D eigenvalue weighted by Gasteiger charge is 2.21. The van der Waals surface area contributed by atoms with Crippen LogP contribution in [0.1, 0.15) is 24.2 Å². The van der Waals surface area contributed by atoms with Gasteiger partial charge in [-0.3, -0.25) is 4.79 Å². The second-order valence-electron chi connectivity index (χ2n) is 4.43. The Morgan fingerprint density at radius 3 is 2.29 bits per heavy atom. The van der Waals surface area contributed by atoms with E-state index in [1.165, 1.54) is 0 Å². The van der Waals surface area contributed by atoms with Gasteiger partial charge in [0.2, 0.25) is 0 Å². The number of benzene rings is 1. The van der Waals surface area contributed by atoms with Crippen LogP contribution in [-0.2, 0) is 4.74 Å². The first-order chi connectivity index (χ1) is 7.84. The summed E-state index contributed by atoms with van der Waals surface area (Å²) in [6.45, 7) is 4.30. The van der Waals surface area contributed by atoms with Crippen LogP contribution in [0.5, 0.6) is 0 Å². The Morgan fingerprint density at radius 2 is 1.82 bits per heavy atom. The summed E-state index contributed by atoms with van der Waals surface area (Å²) in [6, 6.07) is 5.45. The minimum absolute atomic E-state index is 0.117. The Kier molecular flexibility index (Phi) is 5.16. The molecule has 0 unspecified atom stereocenters. The summed E-state index contributed by atoms with van der Waals surface area (Å²) in [4.78, 5) is 12.0. The van der Waals surface area contributed by atoms with Crippen molar-refractivity contribution in [3.05, 3.63) is 32.7 Å². The van der Waals surface area contributed by atoms with Crippen molar-refractivity contribution in [1.82, 2.24) is 5.32 Å². The quantitative estimate of drug-likeness (QED) is 0.889. The van der Waals surface area contributed by atoms with E-state index >= 15 is 0 Å². The van der Waals surface area contributed by atoms with Gasteiger partial charge in [-0.05, 0) is 32.0 Å². The summed E-state index contributed by atoms with van der Waals surface area (Å²) < 4.78 is 6.78. The van der Waals surface area contributed by atoms with E-state index in [4.69, 9.17) is 4.74 Å². The molecule has 5 heteroatoms. The number of hydrogen-bond donors (Lipinski definition) is 1. The monoisotopic (exact) mass is 363 g/mol. The lowest BCUT2D eigenvalue weighted by molar-refractivity contribution is 0.0820. The van der Waals surface area contributed by atoms with E-state index in [-0.39, 0.29) is 11.4 Å². The summed E-state index contributed by atoms with van der Waals surface area (Å²) in [5.74, 6) is -0.117. The maximum Gasteiger partial charge on any atom is 0.251 e. The minimum Gasteiger partial charge on any atom is -0.382 e. The van der Waals surface area contributed by atoms with Crippen LogP contribution in [-0.4, -0.2) is 25.2 Å². The smallest absolute Gasteiger partial charge is 0.251 e. The van der Waals surface area contributed by atoms with Crippen molar-refractivity contribution in [2.75, 3.05) is 13.7 Å². The molecule has 1 aromatic carbocycles. The minimum atomic E-state index is -0.388. The molecule has 3 nitrogen and oxygen atoms in total. The number of nitrogens with one attached hydrogen (secondary N) is 1. The fourth-order valence-corrected chi connectivity index (χ4v) is 2.76. The Bertz CT molecular complexity index is 399. The van der Waals surface area contributed by atoms with E-state index in [1.54, 1.807) is 19.2 Å². The zero-order chi connectivity index (χ0) is 13.1. The van der Waals surface area contributed by atoms with Crippen LogP contribution in [0, 0.1) is 0 Å². The van der Waals surface area contributed by atoms with Crippen molar-refractivity contribution in [2.45, 2.75) is 19.4 Å². The predicted octanol–water partition coefficient (Wildman–Crippen LogP) is 3.37. The van der Waals surface area contributed by atoms with Crippen LogP contribution in [0.2, 0.25) is 0 Å². The van der Waals surface area contributed by atoms with Gasteiger partial charge in [-0.15, -0.1) is 0 Å². The maximum atomic E-state index is 12.0. The van der Waals surface area contributed by atoms with Crippen LogP contribution in [0.25, 0.3) is 0 Å². The van der Waals surface area contributed by atoms with Crippen LogP contribution < -0.4 is 5.32 Å². The number of rotatable bonds is 4. The van der Waals surface area contributed by atoms with Gasteiger partial charge in [0.25, 0.3) is 5.91 Å². The van der Waals surface area contributed by atoms with Crippen molar-refractivity contribution in [3.63, 3.8) is 0 Å². The molecule has 0 aliphatic heterocycles. The van der Waals surface area contributed by atoms with Gasteiger partial charge in [0.05, 0.1) is 12.1 Å². The number of hydrogen-bond acceptors (Lipinski definition) is 2. The van der Waals surface area contributed by atoms with Crippen molar-refractivity contribution >= 4 is 37.8 Å². The Hall–Kier alpha value is -0.390. The van der Waals surface area contributed by atoms with Gasteiger partial charge in [-0.2, -0.15) is 0 Å². The third-order valence-electron chi connectivity index (χ3n) is 2.08. The third-order valence-corrected chi connectivity index (χ3v) is 3.00.